The number of anilines is 1. The van der Waals surface area contributed by atoms with Gasteiger partial charge in [-0.05, 0) is 18.9 Å². The van der Waals surface area contributed by atoms with Crippen molar-refractivity contribution < 1.29 is 14.7 Å². The topological polar surface area (TPSA) is 90.8 Å². The monoisotopic (exact) mass is 273 g/mol. The molecule has 0 aromatic heterocycles. The highest BCUT2D eigenvalue weighted by molar-refractivity contribution is 6.08. The van der Waals surface area contributed by atoms with Crippen molar-refractivity contribution in [3.05, 3.63) is 23.3 Å². The lowest BCUT2D eigenvalue weighted by Gasteiger charge is -2.29. The minimum Gasteiger partial charge on any atom is -0.505 e. The van der Waals surface area contributed by atoms with Crippen LogP contribution in [0, 0.1) is 5.92 Å². The summed E-state index contributed by atoms with van der Waals surface area (Å²) < 4.78 is 0. The Morgan fingerprint density at radius 1 is 1.50 bits per heavy atom. The predicted molar refractivity (Wildman–Crippen MR) is 73.5 cm³/mol. The first-order chi connectivity index (χ1) is 9.56. The Morgan fingerprint density at radius 2 is 2.30 bits per heavy atom. The van der Waals surface area contributed by atoms with Crippen LogP contribution in [0.1, 0.15) is 30.9 Å². The van der Waals surface area contributed by atoms with Crippen LogP contribution in [-0.4, -0.2) is 22.6 Å². The molecule has 6 heteroatoms. The average Bonchev–Trinajstić information content (AvgIpc) is 2.40. The van der Waals surface area contributed by atoms with E-state index in [9.17, 15) is 14.7 Å². The van der Waals surface area contributed by atoms with Crippen molar-refractivity contribution >= 4 is 23.2 Å². The number of carbonyl (C=O) groups is 2. The van der Waals surface area contributed by atoms with Gasteiger partial charge in [0.2, 0.25) is 11.8 Å². The van der Waals surface area contributed by atoms with Crippen molar-refractivity contribution in [3.63, 3.8) is 0 Å². The van der Waals surface area contributed by atoms with Gasteiger partial charge in [-0.3, -0.25) is 9.59 Å². The van der Waals surface area contributed by atoms with Gasteiger partial charge in [0.1, 0.15) is 5.75 Å². The molecule has 0 saturated carbocycles. The minimum atomic E-state index is -0.226. The van der Waals surface area contributed by atoms with Crippen LogP contribution >= 0.6 is 0 Å². The normalized spacial score (nSPS) is 20.4. The molecule has 3 rings (SSSR count). The number of hydrazone groups is 1. The molecule has 1 aliphatic carbocycles. The van der Waals surface area contributed by atoms with E-state index in [0.29, 0.717) is 18.5 Å². The molecule has 2 amide bonds. The molecule has 6 nitrogen and oxygen atoms in total. The molecule has 1 heterocycles. The first-order valence-corrected chi connectivity index (χ1v) is 6.55. The first-order valence-electron chi connectivity index (χ1n) is 6.55. The fraction of sp³-hybridized carbons (Fsp3) is 0.357. The average molecular weight is 273 g/mol. The Kier molecular flexibility index (Phi) is 2.93. The highest BCUT2D eigenvalue weighted by Gasteiger charge is 2.32. The molecule has 0 bridgehead atoms. The van der Waals surface area contributed by atoms with Gasteiger partial charge >= 0.3 is 0 Å². The van der Waals surface area contributed by atoms with Gasteiger partial charge in [0.25, 0.3) is 0 Å². The Labute approximate surface area is 115 Å². The van der Waals surface area contributed by atoms with Gasteiger partial charge in [0, 0.05) is 30.4 Å². The summed E-state index contributed by atoms with van der Waals surface area (Å²) in [5.74, 6) is -0.0875. The maximum Gasteiger partial charge on any atom is 0.240 e. The highest BCUT2D eigenvalue weighted by Crippen LogP contribution is 2.38. The molecule has 0 fully saturated rings. The standard InChI is InChI=1S/C14H15N3O3/c1-7(18)15-11-5-4-9-10(14(11)20)3-2-8-6-12(19)16-17-13(8)9/h4-5,8,20H,2-3,6H2,1H3,(H,15,18)(H,16,19). The molecule has 0 saturated heterocycles. The van der Waals surface area contributed by atoms with Crippen LogP contribution in [0.25, 0.3) is 0 Å². The fourth-order valence-electron chi connectivity index (χ4n) is 2.84. The molecule has 2 aliphatic rings. The minimum absolute atomic E-state index is 0.0683. The zero-order valence-electron chi connectivity index (χ0n) is 11.1. The van der Waals surface area contributed by atoms with Crippen molar-refractivity contribution in [2.24, 2.45) is 11.0 Å². The third kappa shape index (κ3) is 2.03. The van der Waals surface area contributed by atoms with E-state index in [0.717, 1.165) is 23.3 Å². The number of hydrogen-bond acceptors (Lipinski definition) is 4. The van der Waals surface area contributed by atoms with E-state index < -0.39 is 0 Å². The zero-order chi connectivity index (χ0) is 14.3. The van der Waals surface area contributed by atoms with Gasteiger partial charge in [-0.25, -0.2) is 5.43 Å². The maximum absolute atomic E-state index is 11.4. The number of nitrogens with one attached hydrogen (secondary N) is 2. The molecule has 104 valence electrons. The van der Waals surface area contributed by atoms with Gasteiger partial charge in [-0.2, -0.15) is 5.10 Å². The summed E-state index contributed by atoms with van der Waals surface area (Å²) in [6.07, 6.45) is 1.88. The number of aromatic hydroxyl groups is 1. The smallest absolute Gasteiger partial charge is 0.240 e. The number of amides is 2. The molecule has 20 heavy (non-hydrogen) atoms. The summed E-state index contributed by atoms with van der Waals surface area (Å²) in [6.45, 7) is 1.40. The number of phenols is 1. The summed E-state index contributed by atoms with van der Waals surface area (Å²) in [7, 11) is 0. The van der Waals surface area contributed by atoms with Crippen LogP contribution in [0.4, 0.5) is 5.69 Å². The molecule has 1 atom stereocenters. The zero-order valence-corrected chi connectivity index (χ0v) is 11.1. The maximum atomic E-state index is 11.4. The van der Waals surface area contributed by atoms with Crippen LogP contribution < -0.4 is 10.7 Å². The lowest BCUT2D eigenvalue weighted by molar-refractivity contribution is -0.122. The van der Waals surface area contributed by atoms with Gasteiger partial charge in [0.05, 0.1) is 11.4 Å². The number of nitrogens with zero attached hydrogens (tertiary/aromatic N) is 1. The van der Waals surface area contributed by atoms with Crippen LogP contribution in [0.15, 0.2) is 17.2 Å². The highest BCUT2D eigenvalue weighted by atomic mass is 16.3. The van der Waals surface area contributed by atoms with E-state index in [1.54, 1.807) is 6.07 Å². The number of phenolic OH excluding ortho intramolecular Hbond substituents is 1. The third-order valence-electron chi connectivity index (χ3n) is 3.73. The van der Waals surface area contributed by atoms with E-state index in [-0.39, 0.29) is 23.5 Å². The molecule has 3 N–H and O–H groups in total. The molecule has 1 aromatic rings. The van der Waals surface area contributed by atoms with Crippen molar-refractivity contribution in [3.8, 4) is 5.75 Å². The van der Waals surface area contributed by atoms with Crippen molar-refractivity contribution in [2.75, 3.05) is 5.32 Å². The van der Waals surface area contributed by atoms with E-state index in [1.165, 1.54) is 6.92 Å². The number of hydrogen-bond donors (Lipinski definition) is 3. The quantitative estimate of drug-likeness (QED) is 0.670. The van der Waals surface area contributed by atoms with E-state index in [2.05, 4.69) is 15.8 Å². The number of carbonyl (C=O) groups excluding carboxylic acids is 2. The van der Waals surface area contributed by atoms with Crippen molar-refractivity contribution in [2.45, 2.75) is 26.2 Å². The largest absolute Gasteiger partial charge is 0.505 e. The third-order valence-corrected chi connectivity index (χ3v) is 3.73. The summed E-state index contributed by atoms with van der Waals surface area (Å²) in [5.41, 5.74) is 5.35. The van der Waals surface area contributed by atoms with E-state index in [1.807, 2.05) is 6.07 Å². The summed E-state index contributed by atoms with van der Waals surface area (Å²) in [6, 6.07) is 3.50. The number of fused-ring (bicyclic) bond motifs is 3. The molecule has 0 radical (unpaired) electrons. The molecule has 0 spiro atoms. The number of rotatable bonds is 1. The molecule has 1 aliphatic heterocycles. The van der Waals surface area contributed by atoms with Gasteiger partial charge in [-0.15, -0.1) is 0 Å². The Bertz CT molecular complexity index is 637. The Hall–Kier alpha value is -2.37. The molecule has 1 unspecified atom stereocenters. The van der Waals surface area contributed by atoms with Crippen LogP contribution in [0.5, 0.6) is 5.75 Å². The lowest BCUT2D eigenvalue weighted by Crippen LogP contribution is -2.36. The van der Waals surface area contributed by atoms with Gasteiger partial charge < -0.3 is 10.4 Å². The fourth-order valence-corrected chi connectivity index (χ4v) is 2.84. The number of benzene rings is 1. The molecular formula is C14H15N3O3. The first kappa shape index (κ1) is 12.7. The van der Waals surface area contributed by atoms with Crippen LogP contribution in [0.3, 0.4) is 0 Å². The van der Waals surface area contributed by atoms with Gasteiger partial charge in [0.15, 0.2) is 0 Å². The van der Waals surface area contributed by atoms with E-state index in [4.69, 9.17) is 0 Å². The lowest BCUT2D eigenvalue weighted by atomic mass is 9.79. The van der Waals surface area contributed by atoms with Gasteiger partial charge in [-0.1, -0.05) is 6.07 Å². The second-order valence-electron chi connectivity index (χ2n) is 5.14. The Morgan fingerprint density at radius 3 is 3.05 bits per heavy atom. The second kappa shape index (κ2) is 4.63. The molecular weight excluding hydrogens is 258 g/mol. The van der Waals surface area contributed by atoms with Crippen molar-refractivity contribution in [1.82, 2.24) is 5.43 Å². The van der Waals surface area contributed by atoms with Crippen molar-refractivity contribution in [1.29, 1.82) is 0 Å². The molecule has 1 aromatic carbocycles. The predicted octanol–water partition coefficient (Wildman–Crippen LogP) is 1.14. The summed E-state index contributed by atoms with van der Waals surface area (Å²) >= 11 is 0. The van der Waals surface area contributed by atoms with Crippen LogP contribution in [0.2, 0.25) is 0 Å². The van der Waals surface area contributed by atoms with E-state index >= 15 is 0 Å². The second-order valence-corrected chi connectivity index (χ2v) is 5.14. The summed E-state index contributed by atoms with van der Waals surface area (Å²) in [5, 5.41) is 17.0. The Balaban J connectivity index is 2.04. The van der Waals surface area contributed by atoms with Crippen LogP contribution in [-0.2, 0) is 16.0 Å². The SMILES string of the molecule is CC(=O)Nc1ccc2c(c1O)CCC1CC(=O)NN=C21. The summed E-state index contributed by atoms with van der Waals surface area (Å²) in [4.78, 5) is 22.5.